The van der Waals surface area contributed by atoms with E-state index in [0.29, 0.717) is 0 Å². The summed E-state index contributed by atoms with van der Waals surface area (Å²) in [5, 5.41) is 8.29. The number of anilines is 1. The van der Waals surface area contributed by atoms with Crippen molar-refractivity contribution in [3.63, 3.8) is 0 Å². The van der Waals surface area contributed by atoms with Crippen molar-refractivity contribution in [3.8, 4) is 0 Å². The SMILES string of the molecule is Cc1nc(C(=O)Nc2cn(C)nc2C(F)F)cs1. The van der Waals surface area contributed by atoms with E-state index in [0.717, 1.165) is 5.01 Å². The zero-order chi connectivity index (χ0) is 13.3. The molecule has 0 aliphatic rings. The van der Waals surface area contributed by atoms with Crippen LogP contribution in [0, 0.1) is 6.92 Å². The minimum atomic E-state index is -2.74. The van der Waals surface area contributed by atoms with E-state index < -0.39 is 18.0 Å². The molecule has 1 N–H and O–H groups in total. The Morgan fingerprint density at radius 1 is 1.56 bits per heavy atom. The fraction of sp³-hybridized carbons (Fsp3) is 0.300. The third kappa shape index (κ3) is 2.53. The van der Waals surface area contributed by atoms with Gasteiger partial charge in [-0.25, -0.2) is 13.8 Å². The van der Waals surface area contributed by atoms with Gasteiger partial charge >= 0.3 is 0 Å². The molecule has 0 spiro atoms. The highest BCUT2D eigenvalue weighted by Gasteiger charge is 2.20. The highest BCUT2D eigenvalue weighted by molar-refractivity contribution is 7.09. The van der Waals surface area contributed by atoms with Crippen molar-refractivity contribution in [2.24, 2.45) is 7.05 Å². The van der Waals surface area contributed by atoms with Crippen LogP contribution >= 0.6 is 11.3 Å². The second-order valence-electron chi connectivity index (χ2n) is 3.61. The van der Waals surface area contributed by atoms with Gasteiger partial charge in [-0.15, -0.1) is 11.3 Å². The number of aryl methyl sites for hydroxylation is 2. The maximum Gasteiger partial charge on any atom is 0.284 e. The summed E-state index contributed by atoms with van der Waals surface area (Å²) in [6, 6.07) is 0. The molecule has 8 heteroatoms. The van der Waals surface area contributed by atoms with Gasteiger partial charge in [0.15, 0.2) is 5.69 Å². The molecule has 0 aromatic carbocycles. The third-order valence-electron chi connectivity index (χ3n) is 2.16. The van der Waals surface area contributed by atoms with Gasteiger partial charge in [-0.2, -0.15) is 5.10 Å². The average Bonchev–Trinajstić information content (AvgIpc) is 2.85. The van der Waals surface area contributed by atoms with Gasteiger partial charge in [0.2, 0.25) is 0 Å². The molecular formula is C10H10F2N4OS. The first-order chi connectivity index (χ1) is 8.47. The van der Waals surface area contributed by atoms with Gasteiger partial charge in [0.05, 0.1) is 10.7 Å². The average molecular weight is 272 g/mol. The predicted molar refractivity (Wildman–Crippen MR) is 63.0 cm³/mol. The minimum Gasteiger partial charge on any atom is -0.317 e. The molecule has 18 heavy (non-hydrogen) atoms. The summed E-state index contributed by atoms with van der Waals surface area (Å²) in [7, 11) is 1.51. The topological polar surface area (TPSA) is 59.8 Å². The van der Waals surface area contributed by atoms with E-state index in [1.54, 1.807) is 12.3 Å². The smallest absolute Gasteiger partial charge is 0.284 e. The lowest BCUT2D eigenvalue weighted by Crippen LogP contribution is -2.13. The normalized spacial score (nSPS) is 10.9. The van der Waals surface area contributed by atoms with Crippen LogP contribution < -0.4 is 5.32 Å². The molecule has 0 saturated heterocycles. The maximum absolute atomic E-state index is 12.7. The molecule has 0 aliphatic heterocycles. The summed E-state index contributed by atoms with van der Waals surface area (Å²) in [6.07, 6.45) is -1.41. The van der Waals surface area contributed by atoms with E-state index in [4.69, 9.17) is 0 Å². The standard InChI is InChI=1S/C10H10F2N4OS/c1-5-13-7(4-18-5)10(17)14-6-3-16(2)15-8(6)9(11)12/h3-4,9H,1-2H3,(H,14,17). The minimum absolute atomic E-state index is 0.00292. The van der Waals surface area contributed by atoms with Crippen molar-refractivity contribution in [2.45, 2.75) is 13.3 Å². The lowest BCUT2D eigenvalue weighted by Gasteiger charge is -2.02. The zero-order valence-electron chi connectivity index (χ0n) is 9.65. The summed E-state index contributed by atoms with van der Waals surface area (Å²) in [4.78, 5) is 15.7. The second-order valence-corrected chi connectivity index (χ2v) is 4.67. The number of carbonyl (C=O) groups excluding carboxylic acids is 1. The predicted octanol–water partition coefficient (Wildman–Crippen LogP) is 2.37. The van der Waals surface area contributed by atoms with Gasteiger partial charge in [0.25, 0.3) is 12.3 Å². The molecule has 96 valence electrons. The quantitative estimate of drug-likeness (QED) is 0.933. The first-order valence-electron chi connectivity index (χ1n) is 5.02. The van der Waals surface area contributed by atoms with Crippen LogP contribution in [0.5, 0.6) is 0 Å². The van der Waals surface area contributed by atoms with Crippen molar-refractivity contribution in [1.29, 1.82) is 0 Å². The third-order valence-corrected chi connectivity index (χ3v) is 2.94. The number of thiazole rings is 1. The molecule has 0 fully saturated rings. The summed E-state index contributed by atoms with van der Waals surface area (Å²) in [6.45, 7) is 1.76. The van der Waals surface area contributed by atoms with E-state index in [-0.39, 0.29) is 11.4 Å². The van der Waals surface area contributed by atoms with E-state index in [2.05, 4.69) is 15.4 Å². The van der Waals surface area contributed by atoms with Gasteiger partial charge in [0, 0.05) is 18.6 Å². The van der Waals surface area contributed by atoms with Crippen LogP contribution in [0.3, 0.4) is 0 Å². The number of nitrogens with one attached hydrogen (secondary N) is 1. The van der Waals surface area contributed by atoms with E-state index in [1.165, 1.54) is 29.3 Å². The summed E-state index contributed by atoms with van der Waals surface area (Å²) >= 11 is 1.32. The van der Waals surface area contributed by atoms with Gasteiger partial charge in [-0.05, 0) is 6.92 Å². The lowest BCUT2D eigenvalue weighted by molar-refractivity contribution is 0.102. The Morgan fingerprint density at radius 3 is 2.83 bits per heavy atom. The Balaban J connectivity index is 2.21. The highest BCUT2D eigenvalue weighted by Crippen LogP contribution is 2.25. The van der Waals surface area contributed by atoms with Crippen LogP contribution in [0.2, 0.25) is 0 Å². The molecule has 0 saturated carbocycles. The number of alkyl halides is 2. The van der Waals surface area contributed by atoms with Gasteiger partial charge < -0.3 is 5.32 Å². The number of hydrogen-bond donors (Lipinski definition) is 1. The largest absolute Gasteiger partial charge is 0.317 e. The van der Waals surface area contributed by atoms with E-state index in [1.807, 2.05) is 0 Å². The van der Waals surface area contributed by atoms with Gasteiger partial charge in [-0.1, -0.05) is 0 Å². The summed E-state index contributed by atoms with van der Waals surface area (Å²) in [5.74, 6) is -0.519. The van der Waals surface area contributed by atoms with Crippen LogP contribution in [-0.4, -0.2) is 20.7 Å². The van der Waals surface area contributed by atoms with Crippen molar-refractivity contribution in [3.05, 3.63) is 28.0 Å². The molecule has 2 heterocycles. The number of rotatable bonds is 3. The van der Waals surface area contributed by atoms with Crippen LogP contribution in [0.1, 0.15) is 27.6 Å². The molecule has 0 unspecified atom stereocenters. The second kappa shape index (κ2) is 4.81. The Kier molecular flexibility index (Phi) is 3.37. The van der Waals surface area contributed by atoms with Crippen LogP contribution in [-0.2, 0) is 7.05 Å². The van der Waals surface area contributed by atoms with Crippen molar-refractivity contribution >= 4 is 22.9 Å². The molecule has 2 aromatic heterocycles. The molecule has 0 aliphatic carbocycles. The zero-order valence-corrected chi connectivity index (χ0v) is 10.5. The van der Waals surface area contributed by atoms with Gasteiger partial charge in [0.1, 0.15) is 5.69 Å². The maximum atomic E-state index is 12.7. The molecule has 0 atom stereocenters. The number of carbonyl (C=O) groups is 1. The summed E-state index contributed by atoms with van der Waals surface area (Å²) < 4.78 is 26.5. The fourth-order valence-electron chi connectivity index (χ4n) is 1.42. The number of amides is 1. The molecule has 1 amide bonds. The molecular weight excluding hydrogens is 262 g/mol. The fourth-order valence-corrected chi connectivity index (χ4v) is 2.01. The lowest BCUT2D eigenvalue weighted by atomic mass is 10.3. The number of hydrogen-bond acceptors (Lipinski definition) is 4. The summed E-state index contributed by atoms with van der Waals surface area (Å²) in [5.41, 5.74) is -0.234. The first kappa shape index (κ1) is 12.6. The van der Waals surface area contributed by atoms with Crippen molar-refractivity contribution in [1.82, 2.24) is 14.8 Å². The van der Waals surface area contributed by atoms with Crippen LogP contribution in [0.25, 0.3) is 0 Å². The highest BCUT2D eigenvalue weighted by atomic mass is 32.1. The van der Waals surface area contributed by atoms with Crippen LogP contribution in [0.4, 0.5) is 14.5 Å². The van der Waals surface area contributed by atoms with Crippen molar-refractivity contribution < 1.29 is 13.6 Å². The monoisotopic (exact) mass is 272 g/mol. The Bertz CT molecular complexity index is 578. The van der Waals surface area contributed by atoms with E-state index >= 15 is 0 Å². The van der Waals surface area contributed by atoms with Crippen molar-refractivity contribution in [2.75, 3.05) is 5.32 Å². The van der Waals surface area contributed by atoms with Gasteiger partial charge in [-0.3, -0.25) is 9.48 Å². The molecule has 2 rings (SSSR count). The molecule has 5 nitrogen and oxygen atoms in total. The van der Waals surface area contributed by atoms with Crippen LogP contribution in [0.15, 0.2) is 11.6 Å². The first-order valence-corrected chi connectivity index (χ1v) is 5.90. The Hall–Kier alpha value is -1.83. The van der Waals surface area contributed by atoms with E-state index in [9.17, 15) is 13.6 Å². The number of halogens is 2. The Morgan fingerprint density at radius 2 is 2.28 bits per heavy atom. The molecule has 0 radical (unpaired) electrons. The Labute approximate surface area is 105 Å². The number of aromatic nitrogens is 3. The molecule has 2 aromatic rings. The number of nitrogens with zero attached hydrogens (tertiary/aromatic N) is 3. The molecule has 0 bridgehead atoms.